The first-order valence-corrected chi connectivity index (χ1v) is 4.55. The summed E-state index contributed by atoms with van der Waals surface area (Å²) in [6, 6.07) is 10.0. The van der Waals surface area contributed by atoms with Gasteiger partial charge in [0.05, 0.1) is 5.70 Å². The van der Waals surface area contributed by atoms with E-state index in [4.69, 9.17) is 4.74 Å². The lowest BCUT2D eigenvalue weighted by molar-refractivity contribution is 0.197. The fraction of sp³-hybridized carbons (Fsp3) is 0.250. The van der Waals surface area contributed by atoms with E-state index in [0.29, 0.717) is 6.61 Å². The SMILES string of the molecule is C=N/C(C)=C(/C)OCc1ccccc1. The highest BCUT2D eigenvalue weighted by molar-refractivity contribution is 5.28. The standard InChI is InChI=1S/C12H15NO/c1-10(13-3)11(2)14-9-12-7-5-4-6-8-12/h4-8H,3,9H2,1-2H3/b11-10-. The third-order valence-electron chi connectivity index (χ3n) is 2.04. The van der Waals surface area contributed by atoms with Crippen molar-refractivity contribution >= 4 is 6.72 Å². The van der Waals surface area contributed by atoms with Gasteiger partial charge in [-0.25, -0.2) is 0 Å². The van der Waals surface area contributed by atoms with Crippen LogP contribution in [0.2, 0.25) is 0 Å². The molecule has 0 saturated carbocycles. The largest absolute Gasteiger partial charge is 0.492 e. The Bertz CT molecular complexity index is 327. The number of rotatable bonds is 4. The molecule has 1 rings (SSSR count). The van der Waals surface area contributed by atoms with E-state index in [1.807, 2.05) is 44.2 Å². The zero-order chi connectivity index (χ0) is 10.4. The smallest absolute Gasteiger partial charge is 0.114 e. The first kappa shape index (κ1) is 10.5. The Hall–Kier alpha value is -1.57. The quantitative estimate of drug-likeness (QED) is 0.526. The molecule has 0 saturated heterocycles. The highest BCUT2D eigenvalue weighted by Crippen LogP contribution is 2.09. The second-order valence-corrected chi connectivity index (χ2v) is 3.07. The van der Waals surface area contributed by atoms with E-state index in [0.717, 1.165) is 17.0 Å². The maximum Gasteiger partial charge on any atom is 0.114 e. The Kier molecular flexibility index (Phi) is 3.92. The topological polar surface area (TPSA) is 21.6 Å². The minimum atomic E-state index is 0.583. The zero-order valence-corrected chi connectivity index (χ0v) is 8.66. The van der Waals surface area contributed by atoms with Crippen molar-refractivity contribution < 1.29 is 4.74 Å². The number of allylic oxidation sites excluding steroid dienone is 2. The van der Waals surface area contributed by atoms with E-state index in [2.05, 4.69) is 11.7 Å². The van der Waals surface area contributed by atoms with Gasteiger partial charge in [0, 0.05) is 0 Å². The number of benzene rings is 1. The van der Waals surface area contributed by atoms with Crippen molar-refractivity contribution in [3.63, 3.8) is 0 Å². The van der Waals surface area contributed by atoms with Crippen molar-refractivity contribution in [2.75, 3.05) is 0 Å². The Balaban J connectivity index is 2.54. The van der Waals surface area contributed by atoms with Gasteiger partial charge in [0.25, 0.3) is 0 Å². The van der Waals surface area contributed by atoms with Crippen LogP contribution < -0.4 is 0 Å². The van der Waals surface area contributed by atoms with Gasteiger partial charge in [-0.15, -0.1) is 0 Å². The van der Waals surface area contributed by atoms with Crippen LogP contribution in [0.15, 0.2) is 46.8 Å². The molecule has 0 aliphatic carbocycles. The lowest BCUT2D eigenvalue weighted by atomic mass is 10.2. The molecule has 0 heterocycles. The summed E-state index contributed by atoms with van der Waals surface area (Å²) in [7, 11) is 0. The summed E-state index contributed by atoms with van der Waals surface area (Å²) in [5.74, 6) is 0.823. The van der Waals surface area contributed by atoms with Gasteiger partial charge in [0.1, 0.15) is 12.4 Å². The van der Waals surface area contributed by atoms with Gasteiger partial charge < -0.3 is 4.74 Å². The molecular formula is C12H15NO. The molecule has 0 aliphatic rings. The summed E-state index contributed by atoms with van der Waals surface area (Å²) in [5, 5.41) is 0. The number of hydrogen-bond acceptors (Lipinski definition) is 2. The van der Waals surface area contributed by atoms with Crippen LogP contribution in [0.25, 0.3) is 0 Å². The molecule has 2 nitrogen and oxygen atoms in total. The van der Waals surface area contributed by atoms with Gasteiger partial charge >= 0.3 is 0 Å². The van der Waals surface area contributed by atoms with Gasteiger partial charge in [-0.1, -0.05) is 30.3 Å². The van der Waals surface area contributed by atoms with E-state index in [-0.39, 0.29) is 0 Å². The highest BCUT2D eigenvalue weighted by Gasteiger charge is 1.96. The molecular weight excluding hydrogens is 174 g/mol. The molecule has 1 aromatic rings. The predicted octanol–water partition coefficient (Wildman–Crippen LogP) is 3.16. The lowest BCUT2D eigenvalue weighted by Crippen LogP contribution is -1.92. The summed E-state index contributed by atoms with van der Waals surface area (Å²) < 4.78 is 5.53. The fourth-order valence-corrected chi connectivity index (χ4v) is 0.982. The number of ether oxygens (including phenoxy) is 1. The third-order valence-corrected chi connectivity index (χ3v) is 2.04. The molecule has 0 N–H and O–H groups in total. The van der Waals surface area contributed by atoms with Gasteiger partial charge in [-0.2, -0.15) is 0 Å². The van der Waals surface area contributed by atoms with E-state index in [9.17, 15) is 0 Å². The van der Waals surface area contributed by atoms with Crippen LogP contribution in [-0.4, -0.2) is 6.72 Å². The molecule has 0 radical (unpaired) electrons. The van der Waals surface area contributed by atoms with Gasteiger partial charge in [-0.05, 0) is 26.1 Å². The molecule has 0 amide bonds. The maximum absolute atomic E-state index is 5.53. The molecule has 0 aliphatic heterocycles. The van der Waals surface area contributed by atoms with Gasteiger partial charge in [0.2, 0.25) is 0 Å². The Morgan fingerprint density at radius 3 is 2.50 bits per heavy atom. The van der Waals surface area contributed by atoms with E-state index < -0.39 is 0 Å². The summed E-state index contributed by atoms with van der Waals surface area (Å²) in [4.78, 5) is 3.81. The minimum absolute atomic E-state index is 0.583. The van der Waals surface area contributed by atoms with Crippen LogP contribution in [0.4, 0.5) is 0 Å². The minimum Gasteiger partial charge on any atom is -0.492 e. The number of nitrogens with zero attached hydrogens (tertiary/aromatic N) is 1. The molecule has 0 atom stereocenters. The highest BCUT2D eigenvalue weighted by atomic mass is 16.5. The normalized spacial score (nSPS) is 11.9. The first-order chi connectivity index (χ1) is 6.74. The predicted molar refractivity (Wildman–Crippen MR) is 59.2 cm³/mol. The zero-order valence-electron chi connectivity index (χ0n) is 8.66. The molecule has 74 valence electrons. The molecule has 0 spiro atoms. The Morgan fingerprint density at radius 1 is 1.29 bits per heavy atom. The van der Waals surface area contributed by atoms with Gasteiger partial charge in [0.15, 0.2) is 0 Å². The third kappa shape index (κ3) is 3.05. The molecule has 0 aromatic heterocycles. The van der Waals surface area contributed by atoms with Gasteiger partial charge in [-0.3, -0.25) is 4.99 Å². The van der Waals surface area contributed by atoms with Crippen molar-refractivity contribution in [1.82, 2.24) is 0 Å². The molecule has 0 bridgehead atoms. The van der Waals surface area contributed by atoms with Crippen LogP contribution >= 0.6 is 0 Å². The van der Waals surface area contributed by atoms with Crippen molar-refractivity contribution in [3.8, 4) is 0 Å². The summed E-state index contributed by atoms with van der Waals surface area (Å²) in [6.07, 6.45) is 0. The van der Waals surface area contributed by atoms with Crippen molar-refractivity contribution in [1.29, 1.82) is 0 Å². The Morgan fingerprint density at radius 2 is 1.93 bits per heavy atom. The van der Waals surface area contributed by atoms with Crippen molar-refractivity contribution in [3.05, 3.63) is 47.4 Å². The Labute approximate surface area is 84.9 Å². The maximum atomic E-state index is 5.53. The summed E-state index contributed by atoms with van der Waals surface area (Å²) >= 11 is 0. The van der Waals surface area contributed by atoms with Crippen LogP contribution in [0, 0.1) is 0 Å². The van der Waals surface area contributed by atoms with Crippen LogP contribution in [0.3, 0.4) is 0 Å². The van der Waals surface area contributed by atoms with Crippen molar-refractivity contribution in [2.24, 2.45) is 4.99 Å². The average Bonchev–Trinajstić information content (AvgIpc) is 2.26. The van der Waals surface area contributed by atoms with E-state index >= 15 is 0 Å². The first-order valence-electron chi connectivity index (χ1n) is 4.55. The van der Waals surface area contributed by atoms with Crippen LogP contribution in [-0.2, 0) is 11.3 Å². The monoisotopic (exact) mass is 189 g/mol. The fourth-order valence-electron chi connectivity index (χ4n) is 0.982. The van der Waals surface area contributed by atoms with Crippen LogP contribution in [0.1, 0.15) is 19.4 Å². The second-order valence-electron chi connectivity index (χ2n) is 3.07. The molecule has 0 fully saturated rings. The number of hydrogen-bond donors (Lipinski definition) is 0. The average molecular weight is 189 g/mol. The van der Waals surface area contributed by atoms with E-state index in [1.54, 1.807) is 0 Å². The van der Waals surface area contributed by atoms with Crippen LogP contribution in [0.5, 0.6) is 0 Å². The molecule has 14 heavy (non-hydrogen) atoms. The van der Waals surface area contributed by atoms with Crippen molar-refractivity contribution in [2.45, 2.75) is 20.5 Å². The summed E-state index contributed by atoms with van der Waals surface area (Å²) in [6.45, 7) is 7.81. The lowest BCUT2D eigenvalue weighted by Gasteiger charge is -2.07. The molecule has 1 aromatic carbocycles. The number of aliphatic imine (C=N–C) groups is 1. The summed E-state index contributed by atoms with van der Waals surface area (Å²) in [5.41, 5.74) is 1.99. The molecule has 2 heteroatoms. The second kappa shape index (κ2) is 5.22. The van der Waals surface area contributed by atoms with E-state index in [1.165, 1.54) is 0 Å². The molecule has 0 unspecified atom stereocenters.